The number of carbonyl (C=O) groups is 1. The Bertz CT molecular complexity index is 613. The van der Waals surface area contributed by atoms with Crippen LogP contribution < -0.4 is 5.73 Å². The van der Waals surface area contributed by atoms with E-state index in [-0.39, 0.29) is 11.5 Å². The van der Waals surface area contributed by atoms with E-state index >= 15 is 0 Å². The van der Waals surface area contributed by atoms with Gasteiger partial charge in [-0.25, -0.2) is 4.39 Å². The third-order valence-corrected chi connectivity index (χ3v) is 3.24. The Morgan fingerprint density at radius 1 is 1.19 bits per heavy atom. The van der Waals surface area contributed by atoms with Crippen molar-refractivity contribution < 1.29 is 9.18 Å². The highest BCUT2D eigenvalue weighted by Crippen LogP contribution is 2.17. The fourth-order valence-electron chi connectivity index (χ4n) is 2.21. The van der Waals surface area contributed by atoms with Crippen molar-refractivity contribution in [3.05, 3.63) is 65.5 Å². The number of anilines is 1. The summed E-state index contributed by atoms with van der Waals surface area (Å²) in [4.78, 5) is 14.3. The summed E-state index contributed by atoms with van der Waals surface area (Å²) in [5, 5.41) is 0. The molecule has 110 valence electrons. The van der Waals surface area contributed by atoms with E-state index in [0.29, 0.717) is 18.8 Å². The molecule has 0 aromatic heterocycles. The molecule has 0 radical (unpaired) electrons. The third kappa shape index (κ3) is 3.81. The Balaban J connectivity index is 2.25. The molecule has 0 aliphatic carbocycles. The summed E-state index contributed by atoms with van der Waals surface area (Å²) < 4.78 is 13.4. The van der Waals surface area contributed by atoms with Crippen molar-refractivity contribution in [3.8, 4) is 0 Å². The van der Waals surface area contributed by atoms with E-state index in [1.165, 1.54) is 18.2 Å². The molecule has 0 aliphatic heterocycles. The first kappa shape index (κ1) is 15.0. The molecule has 1 amide bonds. The highest BCUT2D eigenvalue weighted by molar-refractivity contribution is 5.99. The molecule has 4 heteroatoms. The van der Waals surface area contributed by atoms with Crippen LogP contribution in [0, 0.1) is 5.82 Å². The molecule has 0 fully saturated rings. The average Bonchev–Trinajstić information content (AvgIpc) is 2.49. The molecule has 2 aromatic carbocycles. The lowest BCUT2D eigenvalue weighted by molar-refractivity contribution is 0.0744. The van der Waals surface area contributed by atoms with Crippen LogP contribution in [0.5, 0.6) is 0 Å². The van der Waals surface area contributed by atoms with Crippen molar-refractivity contribution in [3.63, 3.8) is 0 Å². The summed E-state index contributed by atoms with van der Waals surface area (Å²) in [6.45, 7) is 3.09. The van der Waals surface area contributed by atoms with Crippen molar-refractivity contribution in [1.82, 2.24) is 4.90 Å². The fourth-order valence-corrected chi connectivity index (χ4v) is 2.21. The highest BCUT2D eigenvalue weighted by atomic mass is 19.1. The van der Waals surface area contributed by atoms with Gasteiger partial charge < -0.3 is 10.6 Å². The third-order valence-electron chi connectivity index (χ3n) is 3.24. The molecule has 2 aromatic rings. The van der Waals surface area contributed by atoms with Gasteiger partial charge in [0.2, 0.25) is 0 Å². The quantitative estimate of drug-likeness (QED) is 0.856. The smallest absolute Gasteiger partial charge is 0.256 e. The van der Waals surface area contributed by atoms with E-state index in [9.17, 15) is 9.18 Å². The average molecular weight is 286 g/mol. The minimum atomic E-state index is -0.455. The van der Waals surface area contributed by atoms with Crippen LogP contribution in [0.4, 0.5) is 10.1 Å². The summed E-state index contributed by atoms with van der Waals surface area (Å²) in [7, 11) is 0. The molecule has 0 atom stereocenters. The summed E-state index contributed by atoms with van der Waals surface area (Å²) in [5.41, 5.74) is 7.36. The SMILES string of the molecule is CCCN(Cc1ccccc1)C(=O)c1cc(F)ccc1N. The van der Waals surface area contributed by atoms with Crippen LogP contribution in [-0.4, -0.2) is 17.4 Å². The zero-order valence-corrected chi connectivity index (χ0v) is 12.1. The van der Waals surface area contributed by atoms with Gasteiger partial charge in [0.15, 0.2) is 0 Å². The predicted octanol–water partition coefficient (Wildman–Crippen LogP) is 3.46. The standard InChI is InChI=1S/C17H19FN2O/c1-2-10-20(12-13-6-4-3-5-7-13)17(21)15-11-14(18)8-9-16(15)19/h3-9,11H,2,10,12,19H2,1H3. The summed E-state index contributed by atoms with van der Waals surface area (Å²) >= 11 is 0. The van der Waals surface area contributed by atoms with Crippen molar-refractivity contribution in [2.24, 2.45) is 0 Å². The van der Waals surface area contributed by atoms with E-state index < -0.39 is 5.82 Å². The maximum atomic E-state index is 13.4. The molecule has 0 aliphatic rings. The van der Waals surface area contributed by atoms with Gasteiger partial charge in [-0.2, -0.15) is 0 Å². The largest absolute Gasteiger partial charge is 0.398 e. The number of benzene rings is 2. The number of amides is 1. The van der Waals surface area contributed by atoms with Crippen LogP contribution in [0.15, 0.2) is 48.5 Å². The van der Waals surface area contributed by atoms with E-state index in [1.54, 1.807) is 4.90 Å². The number of carbonyl (C=O) groups excluding carboxylic acids is 1. The Hall–Kier alpha value is -2.36. The van der Waals surface area contributed by atoms with Crippen molar-refractivity contribution in [1.29, 1.82) is 0 Å². The molecule has 0 unspecified atom stereocenters. The second-order valence-corrected chi connectivity index (χ2v) is 4.94. The van der Waals surface area contributed by atoms with Gasteiger partial charge in [-0.3, -0.25) is 4.79 Å². The number of hydrogen-bond acceptors (Lipinski definition) is 2. The maximum Gasteiger partial charge on any atom is 0.256 e. The summed E-state index contributed by atoms with van der Waals surface area (Å²) in [6, 6.07) is 13.6. The minimum Gasteiger partial charge on any atom is -0.398 e. The van der Waals surface area contributed by atoms with Gasteiger partial charge in [0.25, 0.3) is 5.91 Å². The lowest BCUT2D eigenvalue weighted by atomic mass is 10.1. The van der Waals surface area contributed by atoms with Gasteiger partial charge in [-0.05, 0) is 30.2 Å². The van der Waals surface area contributed by atoms with Crippen molar-refractivity contribution in [2.45, 2.75) is 19.9 Å². The normalized spacial score (nSPS) is 10.4. The van der Waals surface area contributed by atoms with Gasteiger partial charge in [0, 0.05) is 18.8 Å². The molecule has 0 bridgehead atoms. The topological polar surface area (TPSA) is 46.3 Å². The second kappa shape index (κ2) is 6.88. The molecular formula is C17H19FN2O. The van der Waals surface area contributed by atoms with Crippen molar-refractivity contribution in [2.75, 3.05) is 12.3 Å². The number of rotatable bonds is 5. The van der Waals surface area contributed by atoms with Crippen LogP contribution in [0.3, 0.4) is 0 Å². The van der Waals surface area contributed by atoms with Gasteiger partial charge >= 0.3 is 0 Å². The summed E-state index contributed by atoms with van der Waals surface area (Å²) in [6.07, 6.45) is 0.827. The van der Waals surface area contributed by atoms with Gasteiger partial charge in [-0.15, -0.1) is 0 Å². The molecule has 2 N–H and O–H groups in total. The lowest BCUT2D eigenvalue weighted by Crippen LogP contribution is -2.32. The molecule has 0 spiro atoms. The van der Waals surface area contributed by atoms with Gasteiger partial charge in [-0.1, -0.05) is 37.3 Å². The molecule has 0 saturated heterocycles. The first-order valence-corrected chi connectivity index (χ1v) is 7.00. The number of nitrogens with two attached hydrogens (primary N) is 1. The Kier molecular flexibility index (Phi) is 4.93. The number of hydrogen-bond donors (Lipinski definition) is 1. The first-order chi connectivity index (χ1) is 10.1. The monoisotopic (exact) mass is 286 g/mol. The molecule has 0 saturated carbocycles. The number of nitrogens with zero attached hydrogens (tertiary/aromatic N) is 1. The molecule has 21 heavy (non-hydrogen) atoms. The van der Waals surface area contributed by atoms with E-state index in [1.807, 2.05) is 37.3 Å². The number of halogens is 1. The van der Waals surface area contributed by atoms with Gasteiger partial charge in [0.05, 0.1) is 5.56 Å². The van der Waals surface area contributed by atoms with E-state index in [2.05, 4.69) is 0 Å². The predicted molar refractivity (Wildman–Crippen MR) is 82.3 cm³/mol. The number of nitrogen functional groups attached to an aromatic ring is 1. The summed E-state index contributed by atoms with van der Waals surface area (Å²) in [5.74, 6) is -0.693. The molecule has 0 heterocycles. The van der Waals surface area contributed by atoms with Crippen LogP contribution in [0.2, 0.25) is 0 Å². The van der Waals surface area contributed by atoms with Crippen molar-refractivity contribution >= 4 is 11.6 Å². The zero-order chi connectivity index (χ0) is 15.2. The van der Waals surface area contributed by atoms with Crippen LogP contribution in [0.1, 0.15) is 29.3 Å². The van der Waals surface area contributed by atoms with E-state index in [4.69, 9.17) is 5.73 Å². The molecular weight excluding hydrogens is 267 g/mol. The highest BCUT2D eigenvalue weighted by Gasteiger charge is 2.18. The Labute approximate surface area is 124 Å². The van der Waals surface area contributed by atoms with Crippen LogP contribution in [-0.2, 0) is 6.54 Å². The minimum absolute atomic E-state index is 0.222. The maximum absolute atomic E-state index is 13.4. The molecule has 3 nitrogen and oxygen atoms in total. The van der Waals surface area contributed by atoms with Crippen LogP contribution >= 0.6 is 0 Å². The lowest BCUT2D eigenvalue weighted by Gasteiger charge is -2.23. The Morgan fingerprint density at radius 3 is 2.57 bits per heavy atom. The second-order valence-electron chi connectivity index (χ2n) is 4.94. The Morgan fingerprint density at radius 2 is 1.90 bits per heavy atom. The van der Waals surface area contributed by atoms with Crippen LogP contribution in [0.25, 0.3) is 0 Å². The molecule has 2 rings (SSSR count). The van der Waals surface area contributed by atoms with Gasteiger partial charge in [0.1, 0.15) is 5.82 Å². The fraction of sp³-hybridized carbons (Fsp3) is 0.235. The van der Waals surface area contributed by atoms with E-state index in [0.717, 1.165) is 12.0 Å². The first-order valence-electron chi connectivity index (χ1n) is 7.00. The zero-order valence-electron chi connectivity index (χ0n) is 12.1.